The normalized spacial score (nSPS) is 19.5. The van der Waals surface area contributed by atoms with Crippen LogP contribution in [-0.4, -0.2) is 55.4 Å². The quantitative estimate of drug-likeness (QED) is 0.581. The fourth-order valence-electron chi connectivity index (χ4n) is 3.41. The minimum atomic E-state index is -1.42. The number of hydrogen-bond donors (Lipinski definition) is 3. The van der Waals surface area contributed by atoms with E-state index in [4.69, 9.17) is 21.1 Å². The summed E-state index contributed by atoms with van der Waals surface area (Å²) in [5.74, 6) is -0.912. The second kappa shape index (κ2) is 13.1. The zero-order valence-corrected chi connectivity index (χ0v) is 19.1. The maximum atomic E-state index is 13.0. The van der Waals surface area contributed by atoms with Gasteiger partial charge in [0.05, 0.1) is 32.5 Å². The smallest absolute Gasteiger partial charge is 0.251 e. The maximum Gasteiger partial charge on any atom is 0.251 e. The summed E-state index contributed by atoms with van der Waals surface area (Å²) in [6.45, 7) is 1.84. The lowest BCUT2D eigenvalue weighted by molar-refractivity contribution is -0.130. The molecule has 3 N–H and O–H groups in total. The Morgan fingerprint density at radius 1 is 1.12 bits per heavy atom. The summed E-state index contributed by atoms with van der Waals surface area (Å²) in [6.07, 6.45) is 3.04. The van der Waals surface area contributed by atoms with E-state index < -0.39 is 18.1 Å². The molecular formula is C25H29ClN2O5. The molecular weight excluding hydrogens is 444 g/mol. The topological polar surface area (TPSA) is 96.9 Å². The van der Waals surface area contributed by atoms with Crippen molar-refractivity contribution in [2.45, 2.75) is 31.6 Å². The maximum absolute atomic E-state index is 13.0. The molecule has 1 aliphatic heterocycles. The summed E-state index contributed by atoms with van der Waals surface area (Å²) >= 11 is 5.89. The number of fused-ring (bicyclic) bond motifs is 1. The third-order valence-electron chi connectivity index (χ3n) is 5.25. The molecule has 3 rings (SSSR count). The van der Waals surface area contributed by atoms with Crippen LogP contribution in [0, 0.1) is 0 Å². The monoisotopic (exact) mass is 472 g/mol. The molecule has 0 saturated heterocycles. The van der Waals surface area contributed by atoms with Gasteiger partial charge >= 0.3 is 0 Å². The van der Waals surface area contributed by atoms with Crippen molar-refractivity contribution < 1.29 is 24.2 Å². The molecule has 0 spiro atoms. The van der Waals surface area contributed by atoms with E-state index in [-0.39, 0.29) is 18.9 Å². The number of hydrogen-bond acceptors (Lipinski definition) is 5. The Hall–Kier alpha value is -2.71. The fraction of sp³-hybridized carbons (Fsp3) is 0.360. The summed E-state index contributed by atoms with van der Waals surface area (Å²) < 4.78 is 11.1. The van der Waals surface area contributed by atoms with E-state index in [0.29, 0.717) is 43.4 Å². The van der Waals surface area contributed by atoms with Crippen molar-refractivity contribution >= 4 is 23.4 Å². The average Bonchev–Trinajstić information content (AvgIpc) is 2.82. The van der Waals surface area contributed by atoms with E-state index >= 15 is 0 Å². The van der Waals surface area contributed by atoms with Gasteiger partial charge in [0.2, 0.25) is 0 Å². The molecule has 2 atom stereocenters. The van der Waals surface area contributed by atoms with Gasteiger partial charge in [-0.3, -0.25) is 9.59 Å². The van der Waals surface area contributed by atoms with Crippen molar-refractivity contribution in [1.82, 2.24) is 10.6 Å². The van der Waals surface area contributed by atoms with Crippen LogP contribution in [0.25, 0.3) is 0 Å². The first-order valence-corrected chi connectivity index (χ1v) is 11.3. The van der Waals surface area contributed by atoms with E-state index in [2.05, 4.69) is 10.6 Å². The SMILES string of the molecule is O=C1N[C@H](C(O)C(=O)NCCc2ccc(Cl)cc2)C/C=C\COCCOCc2ccccc21. The second-order valence-corrected chi connectivity index (χ2v) is 8.12. The first kappa shape index (κ1) is 24.9. The van der Waals surface area contributed by atoms with Crippen LogP contribution in [0.2, 0.25) is 5.02 Å². The number of halogens is 1. The molecule has 7 nitrogen and oxygen atoms in total. The molecule has 2 amide bonds. The van der Waals surface area contributed by atoms with Gasteiger partial charge in [-0.25, -0.2) is 0 Å². The van der Waals surface area contributed by atoms with E-state index in [1.165, 1.54) is 0 Å². The van der Waals surface area contributed by atoms with Crippen molar-refractivity contribution in [1.29, 1.82) is 0 Å². The number of aliphatic hydroxyl groups excluding tert-OH is 1. The van der Waals surface area contributed by atoms with Gasteiger partial charge < -0.3 is 25.2 Å². The largest absolute Gasteiger partial charge is 0.381 e. The number of rotatable bonds is 5. The van der Waals surface area contributed by atoms with Crippen LogP contribution >= 0.6 is 11.6 Å². The van der Waals surface area contributed by atoms with E-state index in [1.807, 2.05) is 24.3 Å². The highest BCUT2D eigenvalue weighted by molar-refractivity contribution is 6.30. The van der Waals surface area contributed by atoms with Crippen LogP contribution in [0.3, 0.4) is 0 Å². The number of aliphatic hydroxyl groups is 1. The number of benzene rings is 2. The van der Waals surface area contributed by atoms with Gasteiger partial charge in [0.1, 0.15) is 0 Å². The Morgan fingerprint density at radius 2 is 1.88 bits per heavy atom. The van der Waals surface area contributed by atoms with E-state index in [1.54, 1.807) is 36.4 Å². The average molecular weight is 473 g/mol. The van der Waals surface area contributed by atoms with Crippen molar-refractivity contribution in [2.75, 3.05) is 26.4 Å². The number of amides is 2. The zero-order valence-electron chi connectivity index (χ0n) is 18.3. The Balaban J connectivity index is 1.65. The predicted octanol–water partition coefficient (Wildman–Crippen LogP) is 2.65. The van der Waals surface area contributed by atoms with Gasteiger partial charge in [0.25, 0.3) is 11.8 Å². The molecule has 176 valence electrons. The van der Waals surface area contributed by atoms with Crippen molar-refractivity contribution in [3.8, 4) is 0 Å². The first-order valence-electron chi connectivity index (χ1n) is 10.9. The Kier molecular flexibility index (Phi) is 9.90. The second-order valence-electron chi connectivity index (χ2n) is 7.68. The highest BCUT2D eigenvalue weighted by Gasteiger charge is 2.27. The van der Waals surface area contributed by atoms with Gasteiger partial charge in [-0.05, 0) is 42.2 Å². The third-order valence-corrected chi connectivity index (χ3v) is 5.51. The van der Waals surface area contributed by atoms with Crippen LogP contribution in [0.15, 0.2) is 60.7 Å². The molecule has 1 unspecified atom stereocenters. The van der Waals surface area contributed by atoms with Crippen LogP contribution in [0.4, 0.5) is 0 Å². The molecule has 0 bridgehead atoms. The molecule has 0 saturated carbocycles. The first-order chi connectivity index (χ1) is 16.0. The minimum Gasteiger partial charge on any atom is -0.381 e. The summed E-state index contributed by atoms with van der Waals surface area (Å²) in [5, 5.41) is 16.9. The Morgan fingerprint density at radius 3 is 2.70 bits per heavy atom. The number of carbonyl (C=O) groups excluding carboxylic acids is 2. The van der Waals surface area contributed by atoms with Crippen molar-refractivity contribution in [3.05, 3.63) is 82.4 Å². The highest BCUT2D eigenvalue weighted by atomic mass is 35.5. The Labute approximate surface area is 198 Å². The van der Waals surface area contributed by atoms with E-state index in [0.717, 1.165) is 11.1 Å². The predicted molar refractivity (Wildman–Crippen MR) is 126 cm³/mol. The Bertz CT molecular complexity index is 948. The summed E-state index contributed by atoms with van der Waals surface area (Å²) in [6, 6.07) is 13.7. The molecule has 1 aliphatic rings. The van der Waals surface area contributed by atoms with Gasteiger partial charge in [-0.2, -0.15) is 0 Å². The molecule has 0 aliphatic carbocycles. The summed E-state index contributed by atoms with van der Waals surface area (Å²) in [7, 11) is 0. The number of ether oxygens (including phenoxy) is 2. The van der Waals surface area contributed by atoms with Crippen molar-refractivity contribution in [3.63, 3.8) is 0 Å². The number of carbonyl (C=O) groups is 2. The molecule has 0 radical (unpaired) electrons. The summed E-state index contributed by atoms with van der Waals surface area (Å²) in [4.78, 5) is 25.6. The lowest BCUT2D eigenvalue weighted by Crippen LogP contribution is -2.50. The van der Waals surface area contributed by atoms with Crippen LogP contribution in [0.5, 0.6) is 0 Å². The van der Waals surface area contributed by atoms with Crippen LogP contribution in [0.1, 0.15) is 27.9 Å². The fourth-order valence-corrected chi connectivity index (χ4v) is 3.54. The molecule has 0 fully saturated rings. The number of nitrogens with one attached hydrogen (secondary N) is 2. The lowest BCUT2D eigenvalue weighted by atomic mass is 10.0. The van der Waals surface area contributed by atoms with E-state index in [9.17, 15) is 14.7 Å². The molecule has 1 heterocycles. The highest BCUT2D eigenvalue weighted by Crippen LogP contribution is 2.13. The molecule has 2 aromatic rings. The zero-order chi connectivity index (χ0) is 23.5. The van der Waals surface area contributed by atoms with Gasteiger partial charge in [-0.15, -0.1) is 0 Å². The molecule has 0 aromatic heterocycles. The minimum absolute atomic E-state index is 0.265. The standard InChI is InChI=1S/C25H29ClN2O5/c26-20-10-8-18(9-11-20)12-13-27-25(31)23(29)22-7-3-4-14-32-15-16-33-17-19-5-1-2-6-21(19)24(30)28-22/h1-6,8-11,22-23,29H,7,12-17H2,(H,27,31)(H,28,30)/b4-3-/t22-,23?/m0/s1. The van der Waals surface area contributed by atoms with Crippen LogP contribution in [-0.2, 0) is 27.3 Å². The summed E-state index contributed by atoms with van der Waals surface area (Å²) in [5.41, 5.74) is 2.19. The van der Waals surface area contributed by atoms with Gasteiger partial charge in [0.15, 0.2) is 6.10 Å². The van der Waals surface area contributed by atoms with Crippen molar-refractivity contribution in [2.24, 2.45) is 0 Å². The molecule has 33 heavy (non-hydrogen) atoms. The lowest BCUT2D eigenvalue weighted by Gasteiger charge is -2.23. The molecule has 2 aromatic carbocycles. The molecule has 8 heteroatoms. The third kappa shape index (κ3) is 7.98. The van der Waals surface area contributed by atoms with Gasteiger partial charge in [0, 0.05) is 17.1 Å². The van der Waals surface area contributed by atoms with Crippen LogP contribution < -0.4 is 10.6 Å². The van der Waals surface area contributed by atoms with Gasteiger partial charge in [-0.1, -0.05) is 54.1 Å².